The Morgan fingerprint density at radius 3 is 2.29 bits per heavy atom. The minimum Gasteiger partial charge on any atom is -0.494 e. The van der Waals surface area contributed by atoms with E-state index in [4.69, 9.17) is 19.3 Å². The lowest BCUT2D eigenvalue weighted by Gasteiger charge is -2.38. The molecule has 0 bridgehead atoms. The van der Waals surface area contributed by atoms with E-state index in [0.29, 0.717) is 0 Å². The number of ether oxygens (including phenoxy) is 3. The molecule has 3 aromatic rings. The van der Waals surface area contributed by atoms with Crippen molar-refractivity contribution in [2.24, 2.45) is 5.10 Å². The molecule has 2 unspecified atom stereocenters. The molecule has 34 heavy (non-hydrogen) atoms. The van der Waals surface area contributed by atoms with Crippen LogP contribution in [0.15, 0.2) is 77.9 Å². The highest BCUT2D eigenvalue weighted by atomic mass is 16.5. The van der Waals surface area contributed by atoms with Gasteiger partial charge in [-0.15, -0.1) is 0 Å². The summed E-state index contributed by atoms with van der Waals surface area (Å²) >= 11 is 0. The van der Waals surface area contributed by atoms with Crippen LogP contribution < -0.4 is 14.2 Å². The largest absolute Gasteiger partial charge is 0.494 e. The van der Waals surface area contributed by atoms with Gasteiger partial charge >= 0.3 is 0 Å². The van der Waals surface area contributed by atoms with Crippen LogP contribution in [0.2, 0.25) is 0 Å². The Labute approximate surface area is 202 Å². The molecule has 5 nitrogen and oxygen atoms in total. The van der Waals surface area contributed by atoms with Gasteiger partial charge in [0, 0.05) is 17.5 Å². The van der Waals surface area contributed by atoms with Gasteiger partial charge in [0.1, 0.15) is 17.2 Å². The van der Waals surface area contributed by atoms with Crippen LogP contribution in [0.25, 0.3) is 0 Å². The summed E-state index contributed by atoms with van der Waals surface area (Å²) in [6.07, 6.45) is 3.74. The third-order valence-electron chi connectivity index (χ3n) is 6.29. The molecule has 0 saturated heterocycles. The van der Waals surface area contributed by atoms with Crippen LogP contribution in [0.4, 0.5) is 0 Å². The number of rotatable bonds is 9. The first kappa shape index (κ1) is 22.3. The molecule has 0 amide bonds. The second-order valence-electron chi connectivity index (χ2n) is 8.80. The molecule has 0 spiro atoms. The zero-order valence-corrected chi connectivity index (χ0v) is 19.9. The molecule has 0 fully saturated rings. The number of nitrogens with zero attached hydrogens (tertiary/aromatic N) is 2. The molecule has 176 valence electrons. The molecule has 0 radical (unpaired) electrons. The van der Waals surface area contributed by atoms with Crippen molar-refractivity contribution in [1.29, 1.82) is 0 Å². The maximum Gasteiger partial charge on any atom is 0.213 e. The van der Waals surface area contributed by atoms with E-state index < -0.39 is 0 Å². The molecular weight excluding hydrogens is 424 g/mol. The van der Waals surface area contributed by atoms with Crippen molar-refractivity contribution in [2.45, 2.75) is 51.8 Å². The fraction of sp³-hybridized carbons (Fsp3) is 0.345. The maximum absolute atomic E-state index is 6.47. The van der Waals surface area contributed by atoms with Crippen LogP contribution in [-0.4, -0.2) is 23.9 Å². The highest BCUT2D eigenvalue weighted by molar-refractivity contribution is 6.02. The lowest BCUT2D eigenvalue weighted by atomic mass is 9.96. The number of benzene rings is 3. The monoisotopic (exact) mass is 456 g/mol. The first-order valence-electron chi connectivity index (χ1n) is 12.3. The van der Waals surface area contributed by atoms with Crippen LogP contribution in [-0.2, 0) is 0 Å². The van der Waals surface area contributed by atoms with Crippen molar-refractivity contribution >= 4 is 5.71 Å². The quantitative estimate of drug-likeness (QED) is 0.329. The minimum absolute atomic E-state index is 0.140. The second kappa shape index (κ2) is 10.2. The Balaban J connectivity index is 1.41. The zero-order chi connectivity index (χ0) is 23.3. The summed E-state index contributed by atoms with van der Waals surface area (Å²) in [5.41, 5.74) is 4.43. The van der Waals surface area contributed by atoms with Crippen molar-refractivity contribution in [2.75, 3.05) is 13.2 Å². The van der Waals surface area contributed by atoms with E-state index in [0.717, 1.165) is 73.0 Å². The number of hydrogen-bond acceptors (Lipinski definition) is 5. The third kappa shape index (κ3) is 4.60. The number of unbranched alkanes of at least 4 members (excludes halogenated alkanes) is 1. The van der Waals surface area contributed by atoms with Gasteiger partial charge in [-0.2, -0.15) is 5.10 Å². The third-order valence-corrected chi connectivity index (χ3v) is 6.29. The highest BCUT2D eigenvalue weighted by Crippen LogP contribution is 2.47. The van der Waals surface area contributed by atoms with Crippen molar-refractivity contribution < 1.29 is 14.2 Å². The molecule has 5 heteroatoms. The Kier molecular flexibility index (Phi) is 6.70. The molecule has 2 aliphatic rings. The Hall–Kier alpha value is -3.47. The van der Waals surface area contributed by atoms with E-state index in [1.807, 2.05) is 30.3 Å². The summed E-state index contributed by atoms with van der Waals surface area (Å²) in [6, 6.07) is 24.9. The van der Waals surface area contributed by atoms with Gasteiger partial charge in [-0.1, -0.05) is 38.5 Å². The SMILES string of the molecule is CCCCOc1ccc(C2=NN3C(C2)c2ccccc2OC3c2ccc(OCCC)cc2)cc1. The molecule has 2 atom stereocenters. The summed E-state index contributed by atoms with van der Waals surface area (Å²) in [7, 11) is 0. The van der Waals surface area contributed by atoms with Gasteiger partial charge in [0.05, 0.1) is 25.0 Å². The van der Waals surface area contributed by atoms with Gasteiger partial charge in [0.2, 0.25) is 6.23 Å². The summed E-state index contributed by atoms with van der Waals surface area (Å²) in [6.45, 7) is 5.75. The first-order valence-corrected chi connectivity index (χ1v) is 12.3. The zero-order valence-electron chi connectivity index (χ0n) is 19.9. The molecule has 0 aliphatic carbocycles. The number of para-hydroxylation sites is 1. The van der Waals surface area contributed by atoms with Gasteiger partial charge in [0.25, 0.3) is 0 Å². The molecule has 3 aromatic carbocycles. The molecule has 2 heterocycles. The summed E-state index contributed by atoms with van der Waals surface area (Å²) < 4.78 is 18.1. The smallest absolute Gasteiger partial charge is 0.213 e. The predicted octanol–water partition coefficient (Wildman–Crippen LogP) is 6.90. The van der Waals surface area contributed by atoms with Crippen LogP contribution >= 0.6 is 0 Å². The molecule has 0 aromatic heterocycles. The topological polar surface area (TPSA) is 43.3 Å². The number of hydrazone groups is 1. The number of fused-ring (bicyclic) bond motifs is 3. The fourth-order valence-corrected chi connectivity index (χ4v) is 4.46. The van der Waals surface area contributed by atoms with Gasteiger partial charge in [-0.3, -0.25) is 0 Å². The van der Waals surface area contributed by atoms with Crippen LogP contribution in [0.3, 0.4) is 0 Å². The van der Waals surface area contributed by atoms with E-state index in [1.54, 1.807) is 0 Å². The number of hydrogen-bond donors (Lipinski definition) is 0. The minimum atomic E-state index is -0.283. The Bertz CT molecular complexity index is 1120. The van der Waals surface area contributed by atoms with Crippen molar-refractivity contribution in [3.63, 3.8) is 0 Å². The van der Waals surface area contributed by atoms with Crippen molar-refractivity contribution in [3.8, 4) is 17.2 Å². The molecular formula is C29H32N2O3. The summed E-state index contributed by atoms with van der Waals surface area (Å²) in [5, 5.41) is 7.18. The van der Waals surface area contributed by atoms with E-state index in [-0.39, 0.29) is 12.3 Å². The average Bonchev–Trinajstić information content (AvgIpc) is 3.34. The molecule has 2 aliphatic heterocycles. The van der Waals surface area contributed by atoms with E-state index in [1.165, 1.54) is 5.56 Å². The predicted molar refractivity (Wildman–Crippen MR) is 135 cm³/mol. The fourth-order valence-electron chi connectivity index (χ4n) is 4.46. The van der Waals surface area contributed by atoms with Gasteiger partial charge in [-0.25, -0.2) is 5.01 Å². The van der Waals surface area contributed by atoms with Gasteiger partial charge in [0.15, 0.2) is 0 Å². The summed E-state index contributed by atoms with van der Waals surface area (Å²) in [5.74, 6) is 2.71. The molecule has 5 rings (SSSR count). The molecule has 0 N–H and O–H groups in total. The van der Waals surface area contributed by atoms with E-state index in [9.17, 15) is 0 Å². The molecule has 0 saturated carbocycles. The van der Waals surface area contributed by atoms with Gasteiger partial charge in [-0.05, 0) is 73.0 Å². The van der Waals surface area contributed by atoms with Crippen LogP contribution in [0.5, 0.6) is 17.2 Å². The van der Waals surface area contributed by atoms with Crippen LogP contribution in [0, 0.1) is 0 Å². The van der Waals surface area contributed by atoms with Crippen molar-refractivity contribution in [1.82, 2.24) is 5.01 Å². The Morgan fingerprint density at radius 1 is 0.853 bits per heavy atom. The van der Waals surface area contributed by atoms with Crippen molar-refractivity contribution in [3.05, 3.63) is 89.5 Å². The maximum atomic E-state index is 6.47. The second-order valence-corrected chi connectivity index (χ2v) is 8.80. The lowest BCUT2D eigenvalue weighted by molar-refractivity contribution is -0.0190. The van der Waals surface area contributed by atoms with E-state index >= 15 is 0 Å². The lowest BCUT2D eigenvalue weighted by Crippen LogP contribution is -2.33. The highest BCUT2D eigenvalue weighted by Gasteiger charge is 2.40. The van der Waals surface area contributed by atoms with E-state index in [2.05, 4.69) is 61.3 Å². The Morgan fingerprint density at radius 2 is 1.56 bits per heavy atom. The summed E-state index contributed by atoms with van der Waals surface area (Å²) in [4.78, 5) is 0. The average molecular weight is 457 g/mol. The first-order chi connectivity index (χ1) is 16.8. The van der Waals surface area contributed by atoms with Crippen LogP contribution in [0.1, 0.15) is 68.5 Å². The normalized spacial score (nSPS) is 18.5. The standard InChI is InChI=1S/C29H32N2O3/c1-3-5-19-33-24-14-10-21(11-15-24)26-20-27-25-8-6-7-9-28(25)34-29(31(27)30-26)22-12-16-23(17-13-22)32-18-4-2/h6-17,27,29H,3-5,18-20H2,1-2H3. The van der Waals surface area contributed by atoms with Gasteiger partial charge < -0.3 is 14.2 Å².